The highest BCUT2D eigenvalue weighted by molar-refractivity contribution is 14.1. The van der Waals surface area contributed by atoms with Crippen molar-refractivity contribution in [3.05, 3.63) is 33.4 Å². The van der Waals surface area contributed by atoms with Crippen LogP contribution in [0.5, 0.6) is 0 Å². The van der Waals surface area contributed by atoms with Gasteiger partial charge in [-0.05, 0) is 54.3 Å². The molecule has 0 aliphatic heterocycles. The molecule has 0 unspecified atom stereocenters. The predicted octanol–water partition coefficient (Wildman–Crippen LogP) is 2.57. The van der Waals surface area contributed by atoms with Gasteiger partial charge < -0.3 is 5.32 Å². The molecule has 0 bridgehead atoms. The Hall–Kier alpha value is -0.0900. The summed E-state index contributed by atoms with van der Waals surface area (Å²) in [4.78, 5) is 0. The molecular formula is C9H12IN. The summed E-state index contributed by atoms with van der Waals surface area (Å²) in [6.45, 7) is 2.15. The number of hydrogen-bond donors (Lipinski definition) is 1. The van der Waals surface area contributed by atoms with Crippen molar-refractivity contribution >= 4 is 22.6 Å². The molecule has 0 saturated carbocycles. The van der Waals surface area contributed by atoms with Gasteiger partial charge in [0.25, 0.3) is 0 Å². The van der Waals surface area contributed by atoms with Crippen LogP contribution in [-0.4, -0.2) is 7.05 Å². The standard InChI is InChI=1S/C9H12IN/c1-7(11-2)8-3-5-9(10)6-4-8/h3-7,11H,1-2H3/t7-/m1/s1. The van der Waals surface area contributed by atoms with E-state index in [2.05, 4.69) is 59.1 Å². The van der Waals surface area contributed by atoms with E-state index in [1.807, 2.05) is 7.05 Å². The predicted molar refractivity (Wildman–Crippen MR) is 56.6 cm³/mol. The topological polar surface area (TPSA) is 12.0 Å². The first-order valence-electron chi connectivity index (χ1n) is 3.67. The molecule has 0 heterocycles. The van der Waals surface area contributed by atoms with Gasteiger partial charge in [-0.2, -0.15) is 0 Å². The van der Waals surface area contributed by atoms with E-state index in [1.165, 1.54) is 9.13 Å². The van der Waals surface area contributed by atoms with Crippen molar-refractivity contribution in [2.24, 2.45) is 0 Å². The Labute approximate surface area is 81.3 Å². The maximum absolute atomic E-state index is 3.20. The molecule has 0 saturated heterocycles. The van der Waals surface area contributed by atoms with Crippen molar-refractivity contribution in [3.8, 4) is 0 Å². The summed E-state index contributed by atoms with van der Waals surface area (Å²) < 4.78 is 1.29. The lowest BCUT2D eigenvalue weighted by atomic mass is 10.1. The van der Waals surface area contributed by atoms with Gasteiger partial charge in [0.05, 0.1) is 0 Å². The molecule has 1 aromatic rings. The fraction of sp³-hybridized carbons (Fsp3) is 0.333. The third-order valence-corrected chi connectivity index (χ3v) is 2.52. The molecule has 60 valence electrons. The molecule has 0 amide bonds. The Morgan fingerprint density at radius 2 is 1.82 bits per heavy atom. The molecule has 0 fully saturated rings. The van der Waals surface area contributed by atoms with Crippen LogP contribution in [-0.2, 0) is 0 Å². The highest BCUT2D eigenvalue weighted by Crippen LogP contribution is 2.13. The van der Waals surface area contributed by atoms with E-state index in [9.17, 15) is 0 Å². The molecule has 0 aromatic heterocycles. The zero-order valence-electron chi connectivity index (χ0n) is 6.76. The third kappa shape index (κ3) is 2.45. The second-order valence-electron chi connectivity index (χ2n) is 2.56. The first kappa shape index (κ1) is 9.00. The monoisotopic (exact) mass is 261 g/mol. The van der Waals surface area contributed by atoms with Crippen LogP contribution in [0.2, 0.25) is 0 Å². The molecule has 1 N–H and O–H groups in total. The van der Waals surface area contributed by atoms with Crippen LogP contribution >= 0.6 is 22.6 Å². The maximum Gasteiger partial charge on any atom is 0.0289 e. The lowest BCUT2D eigenvalue weighted by Gasteiger charge is -2.09. The van der Waals surface area contributed by atoms with Gasteiger partial charge in [-0.25, -0.2) is 0 Å². The molecule has 1 rings (SSSR count). The SMILES string of the molecule is CN[C@H](C)c1ccc(I)cc1. The van der Waals surface area contributed by atoms with E-state index >= 15 is 0 Å². The molecule has 0 radical (unpaired) electrons. The quantitative estimate of drug-likeness (QED) is 0.807. The van der Waals surface area contributed by atoms with Gasteiger partial charge >= 0.3 is 0 Å². The van der Waals surface area contributed by atoms with Gasteiger partial charge in [0, 0.05) is 9.61 Å². The number of benzene rings is 1. The normalized spacial score (nSPS) is 13.0. The number of nitrogens with one attached hydrogen (secondary N) is 1. The van der Waals surface area contributed by atoms with Crippen LogP contribution in [0.1, 0.15) is 18.5 Å². The fourth-order valence-electron chi connectivity index (χ4n) is 0.918. The third-order valence-electron chi connectivity index (χ3n) is 1.80. The minimum Gasteiger partial charge on any atom is -0.313 e. The largest absolute Gasteiger partial charge is 0.313 e. The number of halogens is 1. The molecule has 1 nitrogen and oxygen atoms in total. The summed E-state index contributed by atoms with van der Waals surface area (Å²) in [5.74, 6) is 0. The molecule has 1 atom stereocenters. The highest BCUT2D eigenvalue weighted by Gasteiger charge is 1.99. The molecule has 0 aliphatic carbocycles. The summed E-state index contributed by atoms with van der Waals surface area (Å²) >= 11 is 2.31. The van der Waals surface area contributed by atoms with E-state index in [4.69, 9.17) is 0 Å². The Morgan fingerprint density at radius 1 is 1.27 bits per heavy atom. The Kier molecular flexibility index (Phi) is 3.33. The molecule has 11 heavy (non-hydrogen) atoms. The summed E-state index contributed by atoms with van der Waals surface area (Å²) in [5, 5.41) is 3.20. The lowest BCUT2D eigenvalue weighted by molar-refractivity contribution is 0.652. The van der Waals surface area contributed by atoms with Crippen molar-refractivity contribution in [3.63, 3.8) is 0 Å². The van der Waals surface area contributed by atoms with E-state index in [1.54, 1.807) is 0 Å². The molecule has 0 aliphatic rings. The van der Waals surface area contributed by atoms with Gasteiger partial charge in [-0.3, -0.25) is 0 Å². The Balaban J connectivity index is 2.81. The molecule has 1 aromatic carbocycles. The van der Waals surface area contributed by atoms with Crippen LogP contribution in [0.4, 0.5) is 0 Å². The highest BCUT2D eigenvalue weighted by atomic mass is 127. The minimum absolute atomic E-state index is 0.451. The van der Waals surface area contributed by atoms with Gasteiger partial charge in [-0.15, -0.1) is 0 Å². The minimum atomic E-state index is 0.451. The maximum atomic E-state index is 3.20. The van der Waals surface area contributed by atoms with E-state index in [0.29, 0.717) is 6.04 Å². The second-order valence-corrected chi connectivity index (χ2v) is 3.81. The van der Waals surface area contributed by atoms with Crippen LogP contribution in [0.3, 0.4) is 0 Å². The van der Waals surface area contributed by atoms with Crippen LogP contribution in [0.25, 0.3) is 0 Å². The van der Waals surface area contributed by atoms with Crippen molar-refractivity contribution < 1.29 is 0 Å². The fourth-order valence-corrected chi connectivity index (χ4v) is 1.28. The molecule has 2 heteroatoms. The Bertz CT molecular complexity index is 218. The van der Waals surface area contributed by atoms with Gasteiger partial charge in [0.15, 0.2) is 0 Å². The van der Waals surface area contributed by atoms with E-state index in [0.717, 1.165) is 0 Å². The van der Waals surface area contributed by atoms with Gasteiger partial charge in [-0.1, -0.05) is 12.1 Å². The zero-order chi connectivity index (χ0) is 8.27. The van der Waals surface area contributed by atoms with Crippen LogP contribution in [0, 0.1) is 3.57 Å². The average molecular weight is 261 g/mol. The van der Waals surface area contributed by atoms with Crippen LogP contribution < -0.4 is 5.32 Å². The number of rotatable bonds is 2. The average Bonchev–Trinajstić information content (AvgIpc) is 2.05. The van der Waals surface area contributed by atoms with Crippen molar-refractivity contribution in [1.29, 1.82) is 0 Å². The van der Waals surface area contributed by atoms with Crippen LogP contribution in [0.15, 0.2) is 24.3 Å². The molecule has 0 spiro atoms. The molecular weight excluding hydrogens is 249 g/mol. The van der Waals surface area contributed by atoms with Crippen molar-refractivity contribution in [1.82, 2.24) is 5.32 Å². The summed E-state index contributed by atoms with van der Waals surface area (Å²) in [5.41, 5.74) is 1.34. The Morgan fingerprint density at radius 3 is 2.27 bits per heavy atom. The van der Waals surface area contributed by atoms with Gasteiger partial charge in [0.2, 0.25) is 0 Å². The zero-order valence-corrected chi connectivity index (χ0v) is 8.92. The summed E-state index contributed by atoms with van der Waals surface area (Å²) in [6.07, 6.45) is 0. The first-order valence-corrected chi connectivity index (χ1v) is 4.74. The van der Waals surface area contributed by atoms with E-state index in [-0.39, 0.29) is 0 Å². The van der Waals surface area contributed by atoms with Gasteiger partial charge in [0.1, 0.15) is 0 Å². The summed E-state index contributed by atoms with van der Waals surface area (Å²) in [7, 11) is 1.97. The van der Waals surface area contributed by atoms with Crippen molar-refractivity contribution in [2.45, 2.75) is 13.0 Å². The van der Waals surface area contributed by atoms with E-state index < -0.39 is 0 Å². The lowest BCUT2D eigenvalue weighted by Crippen LogP contribution is -2.11. The number of hydrogen-bond acceptors (Lipinski definition) is 1. The van der Waals surface area contributed by atoms with Crippen molar-refractivity contribution in [2.75, 3.05) is 7.05 Å². The second kappa shape index (κ2) is 4.07. The summed E-state index contributed by atoms with van der Waals surface area (Å²) in [6, 6.07) is 9.02. The smallest absolute Gasteiger partial charge is 0.0289 e. The first-order chi connectivity index (χ1) is 5.24.